The van der Waals surface area contributed by atoms with Gasteiger partial charge in [0, 0.05) is 23.3 Å². The highest BCUT2D eigenvalue weighted by Crippen LogP contribution is 2.21. The van der Waals surface area contributed by atoms with Crippen LogP contribution in [0.25, 0.3) is 11.3 Å². The van der Waals surface area contributed by atoms with E-state index in [1.54, 1.807) is 36.4 Å². The Bertz CT molecular complexity index is 1060. The number of nitrogens with one attached hydrogen (secondary N) is 1. The summed E-state index contributed by atoms with van der Waals surface area (Å²) >= 11 is 0. The Kier molecular flexibility index (Phi) is 5.05. The number of hydrogen-bond donors (Lipinski definition) is 1. The summed E-state index contributed by atoms with van der Waals surface area (Å²) in [6, 6.07) is 17.7. The van der Waals surface area contributed by atoms with E-state index in [1.807, 2.05) is 6.07 Å². The van der Waals surface area contributed by atoms with Crippen LogP contribution >= 0.6 is 0 Å². The molecule has 0 aliphatic carbocycles. The molecule has 1 amide bonds. The average molecular weight is 360 g/mol. The molecule has 27 heavy (non-hydrogen) atoms. The van der Waals surface area contributed by atoms with Gasteiger partial charge in [0.2, 0.25) is 0 Å². The lowest BCUT2D eigenvalue weighted by Crippen LogP contribution is -2.17. The summed E-state index contributed by atoms with van der Waals surface area (Å²) in [4.78, 5) is 22.2. The second-order valence-electron chi connectivity index (χ2n) is 5.40. The summed E-state index contributed by atoms with van der Waals surface area (Å²) in [5, 5.41) is 23.4. The molecule has 1 aromatic heterocycles. The molecule has 2 aromatic carbocycles. The van der Waals surface area contributed by atoms with Crippen molar-refractivity contribution in [3.8, 4) is 17.4 Å². The van der Waals surface area contributed by atoms with Crippen LogP contribution in [0, 0.1) is 21.4 Å². The van der Waals surface area contributed by atoms with Gasteiger partial charge in [-0.25, -0.2) is 5.43 Å². The fourth-order valence-corrected chi connectivity index (χ4v) is 2.27. The van der Waals surface area contributed by atoms with Crippen molar-refractivity contribution < 1.29 is 14.1 Å². The Hall–Kier alpha value is -4.25. The molecule has 0 saturated heterocycles. The summed E-state index contributed by atoms with van der Waals surface area (Å²) in [7, 11) is 0. The van der Waals surface area contributed by atoms with Crippen LogP contribution < -0.4 is 5.43 Å². The Morgan fingerprint density at radius 3 is 2.67 bits per heavy atom. The SMILES string of the molecule is N#Cc1ccc(-c2ccc(/C=N\NC(=O)c3cccc([N+](=O)[O-])c3)o2)cc1. The van der Waals surface area contributed by atoms with E-state index in [4.69, 9.17) is 9.68 Å². The molecular formula is C19H12N4O4. The maximum absolute atomic E-state index is 12.0. The number of carbonyl (C=O) groups is 1. The predicted octanol–water partition coefficient (Wildman–Crippen LogP) is 3.49. The molecular weight excluding hydrogens is 348 g/mol. The number of rotatable bonds is 5. The first-order valence-electron chi connectivity index (χ1n) is 7.75. The Balaban J connectivity index is 1.65. The quantitative estimate of drug-likeness (QED) is 0.424. The first kappa shape index (κ1) is 17.6. The van der Waals surface area contributed by atoms with Crippen molar-refractivity contribution in [3.05, 3.63) is 87.7 Å². The van der Waals surface area contributed by atoms with Gasteiger partial charge < -0.3 is 4.42 Å². The number of nitro benzene ring substituents is 1. The molecule has 0 unspecified atom stereocenters. The maximum Gasteiger partial charge on any atom is 0.271 e. The van der Waals surface area contributed by atoms with Crippen molar-refractivity contribution in [1.82, 2.24) is 5.43 Å². The molecule has 0 saturated carbocycles. The lowest BCUT2D eigenvalue weighted by molar-refractivity contribution is -0.384. The summed E-state index contributed by atoms with van der Waals surface area (Å²) in [5.41, 5.74) is 3.59. The van der Waals surface area contributed by atoms with Crippen LogP contribution in [0.5, 0.6) is 0 Å². The lowest BCUT2D eigenvalue weighted by Gasteiger charge is -1.99. The van der Waals surface area contributed by atoms with Crippen LogP contribution in [0.15, 0.2) is 70.2 Å². The first-order chi connectivity index (χ1) is 13.1. The molecule has 1 N–H and O–H groups in total. The Morgan fingerprint density at radius 1 is 1.19 bits per heavy atom. The molecule has 132 valence electrons. The maximum atomic E-state index is 12.0. The number of carbonyl (C=O) groups excluding carboxylic acids is 1. The number of benzene rings is 2. The summed E-state index contributed by atoms with van der Waals surface area (Å²) in [6.07, 6.45) is 1.32. The van der Waals surface area contributed by atoms with Gasteiger partial charge in [0.25, 0.3) is 11.6 Å². The van der Waals surface area contributed by atoms with Crippen molar-refractivity contribution in [1.29, 1.82) is 5.26 Å². The highest BCUT2D eigenvalue weighted by atomic mass is 16.6. The highest BCUT2D eigenvalue weighted by molar-refractivity contribution is 5.95. The number of nitrogens with zero attached hydrogens (tertiary/aromatic N) is 3. The molecule has 3 aromatic rings. The first-order valence-corrected chi connectivity index (χ1v) is 7.75. The zero-order valence-corrected chi connectivity index (χ0v) is 13.8. The van der Waals surface area contributed by atoms with Gasteiger partial charge in [-0.3, -0.25) is 14.9 Å². The van der Waals surface area contributed by atoms with Crippen molar-refractivity contribution in [2.45, 2.75) is 0 Å². The van der Waals surface area contributed by atoms with E-state index >= 15 is 0 Å². The largest absolute Gasteiger partial charge is 0.455 e. The smallest absolute Gasteiger partial charge is 0.271 e. The molecule has 0 atom stereocenters. The zero-order valence-electron chi connectivity index (χ0n) is 13.8. The van der Waals surface area contributed by atoms with E-state index in [-0.39, 0.29) is 11.3 Å². The van der Waals surface area contributed by atoms with E-state index in [2.05, 4.69) is 10.5 Å². The van der Waals surface area contributed by atoms with Crippen molar-refractivity contribution in [2.24, 2.45) is 5.10 Å². The van der Waals surface area contributed by atoms with Gasteiger partial charge in [-0.2, -0.15) is 10.4 Å². The second-order valence-corrected chi connectivity index (χ2v) is 5.40. The van der Waals surface area contributed by atoms with Gasteiger partial charge in [0.1, 0.15) is 11.5 Å². The molecule has 3 rings (SSSR count). The zero-order chi connectivity index (χ0) is 19.2. The van der Waals surface area contributed by atoms with Crippen LogP contribution in [-0.2, 0) is 0 Å². The fourth-order valence-electron chi connectivity index (χ4n) is 2.27. The van der Waals surface area contributed by atoms with Crippen molar-refractivity contribution in [2.75, 3.05) is 0 Å². The predicted molar refractivity (Wildman–Crippen MR) is 97.0 cm³/mol. The molecule has 0 spiro atoms. The van der Waals surface area contributed by atoms with Gasteiger partial charge in [-0.05, 0) is 42.5 Å². The van der Waals surface area contributed by atoms with E-state index in [0.717, 1.165) is 5.56 Å². The van der Waals surface area contributed by atoms with E-state index in [9.17, 15) is 14.9 Å². The minimum Gasteiger partial charge on any atom is -0.455 e. The molecule has 0 aliphatic rings. The minimum atomic E-state index is -0.576. The van der Waals surface area contributed by atoms with Crippen molar-refractivity contribution >= 4 is 17.8 Å². The van der Waals surface area contributed by atoms with E-state index in [0.29, 0.717) is 17.1 Å². The van der Waals surface area contributed by atoms with Crippen LogP contribution in [0.4, 0.5) is 5.69 Å². The third-order valence-electron chi connectivity index (χ3n) is 3.60. The topological polar surface area (TPSA) is 122 Å². The monoisotopic (exact) mass is 360 g/mol. The molecule has 0 aliphatic heterocycles. The fraction of sp³-hybridized carbons (Fsp3) is 0. The average Bonchev–Trinajstić information content (AvgIpc) is 3.17. The number of nitriles is 1. The van der Waals surface area contributed by atoms with E-state index in [1.165, 1.54) is 30.5 Å². The second kappa shape index (κ2) is 7.76. The molecule has 8 nitrogen and oxygen atoms in total. The molecule has 8 heteroatoms. The third kappa shape index (κ3) is 4.24. The number of hydrazone groups is 1. The number of non-ortho nitro benzene ring substituents is 1. The molecule has 1 heterocycles. The lowest BCUT2D eigenvalue weighted by atomic mass is 10.1. The van der Waals surface area contributed by atoms with Gasteiger partial charge in [-0.15, -0.1) is 0 Å². The number of nitro groups is 1. The highest BCUT2D eigenvalue weighted by Gasteiger charge is 2.10. The van der Waals surface area contributed by atoms with Crippen LogP contribution in [0.2, 0.25) is 0 Å². The van der Waals surface area contributed by atoms with Crippen LogP contribution in [0.3, 0.4) is 0 Å². The van der Waals surface area contributed by atoms with Crippen molar-refractivity contribution in [3.63, 3.8) is 0 Å². The number of hydrogen-bond acceptors (Lipinski definition) is 6. The molecule has 0 radical (unpaired) electrons. The van der Waals surface area contributed by atoms with Gasteiger partial charge in [0.15, 0.2) is 0 Å². The molecule has 0 bridgehead atoms. The summed E-state index contributed by atoms with van der Waals surface area (Å²) in [6.45, 7) is 0. The Labute approximate surface area is 153 Å². The summed E-state index contributed by atoms with van der Waals surface area (Å²) < 4.78 is 5.61. The van der Waals surface area contributed by atoms with E-state index < -0.39 is 10.8 Å². The minimum absolute atomic E-state index is 0.124. The van der Waals surface area contributed by atoms with Gasteiger partial charge in [0.05, 0.1) is 22.8 Å². The summed E-state index contributed by atoms with van der Waals surface area (Å²) in [5.74, 6) is 0.425. The Morgan fingerprint density at radius 2 is 1.96 bits per heavy atom. The number of amides is 1. The van der Waals surface area contributed by atoms with Gasteiger partial charge >= 0.3 is 0 Å². The number of furan rings is 1. The normalized spacial score (nSPS) is 10.5. The molecule has 0 fully saturated rings. The standard InChI is InChI=1S/C19H12N4O4/c20-11-13-4-6-14(7-5-13)18-9-8-17(27-18)12-21-22-19(24)15-2-1-3-16(10-15)23(25)26/h1-10,12H,(H,22,24)/b21-12-. The van der Waals surface area contributed by atoms with Gasteiger partial charge in [-0.1, -0.05) is 6.07 Å². The third-order valence-corrected chi connectivity index (χ3v) is 3.60. The van der Waals surface area contributed by atoms with Crippen LogP contribution in [-0.4, -0.2) is 17.0 Å². The van der Waals surface area contributed by atoms with Crippen LogP contribution in [0.1, 0.15) is 21.7 Å².